The lowest BCUT2D eigenvalue weighted by atomic mass is 10.1. The Balaban J connectivity index is 1.65. The van der Waals surface area contributed by atoms with Crippen molar-refractivity contribution in [2.45, 2.75) is 13.3 Å². The van der Waals surface area contributed by atoms with Gasteiger partial charge in [-0.1, -0.05) is 12.1 Å². The molecule has 0 fully saturated rings. The van der Waals surface area contributed by atoms with Crippen LogP contribution in [0.1, 0.15) is 33.2 Å². The molecule has 3 aromatic rings. The second-order valence-electron chi connectivity index (χ2n) is 6.62. The predicted octanol–water partition coefficient (Wildman–Crippen LogP) is 2.97. The molecule has 3 amide bonds. The second kappa shape index (κ2) is 6.84. The van der Waals surface area contributed by atoms with Gasteiger partial charge in [0.1, 0.15) is 5.75 Å². The number of imide groups is 1. The molecule has 0 unspecified atom stereocenters. The van der Waals surface area contributed by atoms with Crippen molar-refractivity contribution in [1.29, 1.82) is 0 Å². The van der Waals surface area contributed by atoms with Crippen molar-refractivity contribution in [1.82, 2.24) is 9.88 Å². The molecule has 0 radical (unpaired) electrons. The van der Waals surface area contributed by atoms with E-state index in [9.17, 15) is 14.4 Å². The van der Waals surface area contributed by atoms with Crippen LogP contribution in [0.4, 0.5) is 5.69 Å². The van der Waals surface area contributed by atoms with E-state index in [1.165, 1.54) is 11.8 Å². The number of anilines is 1. The summed E-state index contributed by atoms with van der Waals surface area (Å²) in [7, 11) is 1.58. The van der Waals surface area contributed by atoms with E-state index in [1.54, 1.807) is 43.5 Å². The first-order valence-corrected chi connectivity index (χ1v) is 8.91. The highest BCUT2D eigenvalue weighted by atomic mass is 16.5. The number of carbonyl (C=O) groups is 3. The molecular weight excluding hydrogens is 358 g/mol. The van der Waals surface area contributed by atoms with Gasteiger partial charge in [-0.05, 0) is 36.2 Å². The van der Waals surface area contributed by atoms with Crippen LogP contribution in [0, 0.1) is 0 Å². The number of benzene rings is 2. The van der Waals surface area contributed by atoms with E-state index in [2.05, 4.69) is 10.3 Å². The second-order valence-corrected chi connectivity index (χ2v) is 6.62. The highest BCUT2D eigenvalue weighted by molar-refractivity contribution is 6.21. The smallest absolute Gasteiger partial charge is 0.261 e. The molecule has 1 aliphatic heterocycles. The van der Waals surface area contributed by atoms with E-state index >= 15 is 0 Å². The molecule has 142 valence electrons. The third kappa shape index (κ3) is 2.81. The fourth-order valence-corrected chi connectivity index (χ4v) is 3.63. The average Bonchev–Trinajstić information content (AvgIpc) is 3.21. The highest BCUT2D eigenvalue weighted by Crippen LogP contribution is 2.34. The lowest BCUT2D eigenvalue weighted by Crippen LogP contribution is -2.31. The van der Waals surface area contributed by atoms with E-state index in [0.29, 0.717) is 29.0 Å². The Morgan fingerprint density at radius 2 is 1.79 bits per heavy atom. The SMILES string of the molecule is COc1ccc(NC(C)=O)c2c(CCN3C(=O)c4ccccc4C3=O)c[nH]c12. The standard InChI is InChI=1S/C21H19N3O4/c1-12(25)23-16-7-8-17(28-2)19-18(16)13(11-22-19)9-10-24-20(26)14-5-3-4-6-15(14)21(24)27/h3-8,11,22H,9-10H2,1-2H3,(H,23,25). The summed E-state index contributed by atoms with van der Waals surface area (Å²) in [6, 6.07) is 10.4. The molecule has 0 saturated heterocycles. The molecule has 2 heterocycles. The third-order valence-corrected chi connectivity index (χ3v) is 4.89. The Morgan fingerprint density at radius 3 is 2.39 bits per heavy atom. The zero-order valence-electron chi connectivity index (χ0n) is 15.5. The van der Waals surface area contributed by atoms with Gasteiger partial charge in [-0.2, -0.15) is 0 Å². The maximum absolute atomic E-state index is 12.6. The van der Waals surface area contributed by atoms with Crippen LogP contribution in [0.25, 0.3) is 10.9 Å². The Morgan fingerprint density at radius 1 is 1.11 bits per heavy atom. The summed E-state index contributed by atoms with van der Waals surface area (Å²) in [6.45, 7) is 1.69. The van der Waals surface area contributed by atoms with Gasteiger partial charge in [-0.15, -0.1) is 0 Å². The molecule has 7 heteroatoms. The molecule has 7 nitrogen and oxygen atoms in total. The first-order chi connectivity index (χ1) is 13.5. The number of amides is 3. The van der Waals surface area contributed by atoms with Crippen LogP contribution in [0.15, 0.2) is 42.6 Å². The van der Waals surface area contributed by atoms with Crippen LogP contribution in [0.5, 0.6) is 5.75 Å². The van der Waals surface area contributed by atoms with Crippen LogP contribution < -0.4 is 10.1 Å². The predicted molar refractivity (Wildman–Crippen MR) is 105 cm³/mol. The summed E-state index contributed by atoms with van der Waals surface area (Å²) in [4.78, 5) is 41.1. The number of aromatic nitrogens is 1. The van der Waals surface area contributed by atoms with Crippen molar-refractivity contribution in [2.75, 3.05) is 19.0 Å². The minimum Gasteiger partial charge on any atom is -0.495 e. The number of ether oxygens (including phenoxy) is 1. The average molecular weight is 377 g/mol. The van der Waals surface area contributed by atoms with E-state index in [1.807, 2.05) is 6.20 Å². The summed E-state index contributed by atoms with van der Waals surface area (Å²) in [5.41, 5.74) is 3.17. The first-order valence-electron chi connectivity index (χ1n) is 8.91. The van der Waals surface area contributed by atoms with Crippen LogP contribution >= 0.6 is 0 Å². The molecule has 0 atom stereocenters. The van der Waals surface area contributed by atoms with E-state index in [0.717, 1.165) is 16.5 Å². The molecule has 1 aliphatic rings. The van der Waals surface area contributed by atoms with Crippen molar-refractivity contribution >= 4 is 34.3 Å². The van der Waals surface area contributed by atoms with E-state index in [-0.39, 0.29) is 24.3 Å². The number of H-pyrrole nitrogens is 1. The van der Waals surface area contributed by atoms with Crippen LogP contribution in [0.3, 0.4) is 0 Å². The molecule has 4 rings (SSSR count). The van der Waals surface area contributed by atoms with Crippen LogP contribution in [-0.4, -0.2) is 41.3 Å². The maximum atomic E-state index is 12.6. The minimum absolute atomic E-state index is 0.182. The summed E-state index contributed by atoms with van der Waals surface area (Å²) in [5.74, 6) is -0.0877. The van der Waals surface area contributed by atoms with Crippen molar-refractivity contribution in [3.63, 3.8) is 0 Å². The number of methoxy groups -OCH3 is 1. The van der Waals surface area contributed by atoms with Gasteiger partial charge in [0.05, 0.1) is 29.4 Å². The number of hydrogen-bond acceptors (Lipinski definition) is 4. The number of hydrogen-bond donors (Lipinski definition) is 2. The molecule has 1 aromatic heterocycles. The monoisotopic (exact) mass is 377 g/mol. The number of nitrogens with one attached hydrogen (secondary N) is 2. The quantitative estimate of drug-likeness (QED) is 0.669. The Labute approximate surface area is 161 Å². The van der Waals surface area contributed by atoms with Gasteiger partial charge in [0, 0.05) is 25.1 Å². The number of aromatic amines is 1. The summed E-state index contributed by atoms with van der Waals surface area (Å²) >= 11 is 0. The first kappa shape index (κ1) is 17.8. The topological polar surface area (TPSA) is 91.5 Å². The van der Waals surface area contributed by atoms with Crippen LogP contribution in [-0.2, 0) is 11.2 Å². The number of fused-ring (bicyclic) bond motifs is 2. The van der Waals surface area contributed by atoms with Gasteiger partial charge in [0.25, 0.3) is 11.8 Å². The molecule has 28 heavy (non-hydrogen) atoms. The Hall–Kier alpha value is -3.61. The maximum Gasteiger partial charge on any atom is 0.261 e. The number of carbonyl (C=O) groups excluding carboxylic acids is 3. The largest absolute Gasteiger partial charge is 0.495 e. The van der Waals surface area contributed by atoms with Crippen molar-refractivity contribution < 1.29 is 19.1 Å². The fraction of sp³-hybridized carbons (Fsp3) is 0.190. The lowest BCUT2D eigenvalue weighted by molar-refractivity contribution is -0.114. The fourth-order valence-electron chi connectivity index (χ4n) is 3.63. The number of nitrogens with zero attached hydrogens (tertiary/aromatic N) is 1. The summed E-state index contributed by atoms with van der Waals surface area (Å²) in [5, 5.41) is 3.63. The molecule has 2 N–H and O–H groups in total. The Bertz CT molecular complexity index is 1080. The molecule has 0 saturated carbocycles. The Kier molecular flexibility index (Phi) is 4.35. The molecule has 0 aliphatic carbocycles. The summed E-state index contributed by atoms with van der Waals surface area (Å²) < 4.78 is 5.39. The van der Waals surface area contributed by atoms with Gasteiger partial charge < -0.3 is 15.0 Å². The highest BCUT2D eigenvalue weighted by Gasteiger charge is 2.34. The third-order valence-electron chi connectivity index (χ3n) is 4.89. The minimum atomic E-state index is -0.278. The molecule has 0 spiro atoms. The lowest BCUT2D eigenvalue weighted by Gasteiger charge is -2.14. The van der Waals surface area contributed by atoms with Gasteiger partial charge >= 0.3 is 0 Å². The molecule has 2 aromatic carbocycles. The molecule has 0 bridgehead atoms. The van der Waals surface area contributed by atoms with Crippen molar-refractivity contribution in [2.24, 2.45) is 0 Å². The van der Waals surface area contributed by atoms with Crippen LogP contribution in [0.2, 0.25) is 0 Å². The van der Waals surface area contributed by atoms with Gasteiger partial charge in [0.15, 0.2) is 0 Å². The van der Waals surface area contributed by atoms with E-state index in [4.69, 9.17) is 4.74 Å². The normalized spacial score (nSPS) is 13.1. The van der Waals surface area contributed by atoms with E-state index < -0.39 is 0 Å². The summed E-state index contributed by atoms with van der Waals surface area (Å²) in [6.07, 6.45) is 2.27. The van der Waals surface area contributed by atoms with Crippen molar-refractivity contribution in [3.05, 3.63) is 59.3 Å². The van der Waals surface area contributed by atoms with Gasteiger partial charge in [-0.3, -0.25) is 19.3 Å². The molecular formula is C21H19N3O4. The zero-order chi connectivity index (χ0) is 19.8. The zero-order valence-corrected chi connectivity index (χ0v) is 15.5. The number of rotatable bonds is 5. The van der Waals surface area contributed by atoms with Gasteiger partial charge in [0.2, 0.25) is 5.91 Å². The van der Waals surface area contributed by atoms with Gasteiger partial charge in [-0.25, -0.2) is 0 Å². The van der Waals surface area contributed by atoms with Crippen molar-refractivity contribution in [3.8, 4) is 5.75 Å².